The molecule has 0 aliphatic heterocycles. The fourth-order valence-electron chi connectivity index (χ4n) is 7.43. The van der Waals surface area contributed by atoms with Gasteiger partial charge in [-0.1, -0.05) is 72.8 Å². The molecule has 0 unspecified atom stereocenters. The van der Waals surface area contributed by atoms with Crippen molar-refractivity contribution in [3.8, 4) is 0 Å². The summed E-state index contributed by atoms with van der Waals surface area (Å²) >= 11 is 0. The molecule has 0 bridgehead atoms. The Morgan fingerprint density at radius 2 is 1.55 bits per heavy atom. The summed E-state index contributed by atoms with van der Waals surface area (Å²) in [4.78, 5) is 0. The molecule has 0 radical (unpaired) electrons. The van der Waals surface area contributed by atoms with E-state index in [9.17, 15) is 5.11 Å². The zero-order chi connectivity index (χ0) is 33.5. The third kappa shape index (κ3) is 8.89. The number of rotatable bonds is 10. The summed E-state index contributed by atoms with van der Waals surface area (Å²) in [5, 5.41) is 10.5. The lowest BCUT2D eigenvalue weighted by Crippen LogP contribution is -2.49. The fraction of sp³-hybridized carbons (Fsp3) is 0.842. The van der Waals surface area contributed by atoms with E-state index in [1.54, 1.807) is 5.57 Å². The standard InChI is InChI=1S/C38H70O4Si2/c1-27-30(25-31(41-43(12,13)35(3,4)5)26-34(27)42-44(14,15)36(6,7)8)19-18-29-17-16-22-38(11)32(20-21-33(29)38)28(2)40-24-23-37(9,10)39/h18-19,28,31-34,39H,1,16-17,20-26H2,2-15H3/b29-18?,30-19-/t28-,31+,32+,33-,34-,38+/m0/s1. The van der Waals surface area contributed by atoms with Crippen LogP contribution in [0.4, 0.5) is 0 Å². The van der Waals surface area contributed by atoms with Crippen LogP contribution in [0.15, 0.2) is 35.5 Å². The molecule has 3 aliphatic rings. The van der Waals surface area contributed by atoms with Gasteiger partial charge in [-0.3, -0.25) is 0 Å². The van der Waals surface area contributed by atoms with Gasteiger partial charge in [-0.25, -0.2) is 0 Å². The molecule has 3 rings (SSSR count). The van der Waals surface area contributed by atoms with Crippen LogP contribution in [0.2, 0.25) is 36.3 Å². The van der Waals surface area contributed by atoms with Crippen LogP contribution in [0, 0.1) is 17.3 Å². The molecule has 3 aliphatic carbocycles. The fourth-order valence-corrected chi connectivity index (χ4v) is 10.1. The van der Waals surface area contributed by atoms with Gasteiger partial charge in [0, 0.05) is 13.0 Å². The average molecular weight is 647 g/mol. The summed E-state index contributed by atoms with van der Waals surface area (Å²) in [5.74, 6) is 1.16. The monoisotopic (exact) mass is 646 g/mol. The van der Waals surface area contributed by atoms with Gasteiger partial charge in [0.15, 0.2) is 16.6 Å². The third-order valence-electron chi connectivity index (χ3n) is 12.4. The molecule has 1 N–H and O–H groups in total. The highest BCUT2D eigenvalue weighted by molar-refractivity contribution is 6.74. The minimum absolute atomic E-state index is 0.0124. The zero-order valence-electron chi connectivity index (χ0n) is 31.3. The predicted octanol–water partition coefficient (Wildman–Crippen LogP) is 10.8. The molecule has 254 valence electrons. The Bertz CT molecular complexity index is 1070. The molecule has 0 aromatic heterocycles. The van der Waals surface area contributed by atoms with Crippen LogP contribution in [0.5, 0.6) is 0 Å². The van der Waals surface area contributed by atoms with Gasteiger partial charge in [0.1, 0.15) is 0 Å². The molecule has 6 atom stereocenters. The van der Waals surface area contributed by atoms with Crippen LogP contribution in [0.3, 0.4) is 0 Å². The Hall–Kier alpha value is -0.506. The van der Waals surface area contributed by atoms with Gasteiger partial charge in [-0.05, 0) is 130 Å². The van der Waals surface area contributed by atoms with E-state index in [-0.39, 0.29) is 33.8 Å². The lowest BCUT2D eigenvalue weighted by atomic mass is 9.62. The van der Waals surface area contributed by atoms with Crippen LogP contribution in [0.25, 0.3) is 0 Å². The Morgan fingerprint density at radius 1 is 0.955 bits per heavy atom. The van der Waals surface area contributed by atoms with E-state index in [1.165, 1.54) is 43.3 Å². The maximum Gasteiger partial charge on any atom is 0.192 e. The average Bonchev–Trinajstić information content (AvgIpc) is 3.20. The number of ether oxygens (including phenoxy) is 1. The summed E-state index contributed by atoms with van der Waals surface area (Å²) in [5.41, 5.74) is 3.68. The summed E-state index contributed by atoms with van der Waals surface area (Å²) in [6.45, 7) is 37.2. The first-order valence-electron chi connectivity index (χ1n) is 17.7. The van der Waals surface area contributed by atoms with Crippen LogP contribution in [0.1, 0.15) is 121 Å². The first-order valence-corrected chi connectivity index (χ1v) is 23.5. The minimum Gasteiger partial charge on any atom is -0.413 e. The van der Waals surface area contributed by atoms with Crippen LogP contribution >= 0.6 is 0 Å². The second-order valence-corrected chi connectivity index (χ2v) is 28.0. The van der Waals surface area contributed by atoms with Crippen molar-refractivity contribution in [3.63, 3.8) is 0 Å². The first-order chi connectivity index (χ1) is 19.9. The molecular formula is C38H70O4Si2. The Morgan fingerprint density at radius 3 is 2.11 bits per heavy atom. The van der Waals surface area contributed by atoms with Crippen molar-refractivity contribution in [1.29, 1.82) is 0 Å². The van der Waals surface area contributed by atoms with Crippen molar-refractivity contribution in [1.82, 2.24) is 0 Å². The second kappa shape index (κ2) is 13.5. The Kier molecular flexibility index (Phi) is 11.7. The lowest BCUT2D eigenvalue weighted by molar-refractivity contribution is -0.0454. The third-order valence-corrected chi connectivity index (χ3v) is 21.5. The number of hydrogen-bond acceptors (Lipinski definition) is 4. The van der Waals surface area contributed by atoms with E-state index in [2.05, 4.69) is 100 Å². The van der Waals surface area contributed by atoms with Crippen molar-refractivity contribution < 1.29 is 18.7 Å². The molecule has 3 saturated carbocycles. The quantitative estimate of drug-likeness (QED) is 0.240. The van der Waals surface area contributed by atoms with Gasteiger partial charge in [0.2, 0.25) is 0 Å². The highest BCUT2D eigenvalue weighted by Gasteiger charge is 2.51. The molecule has 0 heterocycles. The van der Waals surface area contributed by atoms with E-state index in [0.29, 0.717) is 24.9 Å². The highest BCUT2D eigenvalue weighted by Crippen LogP contribution is 2.58. The topological polar surface area (TPSA) is 47.9 Å². The summed E-state index contributed by atoms with van der Waals surface area (Å²) < 4.78 is 20.5. The smallest absolute Gasteiger partial charge is 0.192 e. The molecule has 0 spiro atoms. The number of hydrogen-bond donors (Lipinski definition) is 1. The van der Waals surface area contributed by atoms with Gasteiger partial charge in [-0.2, -0.15) is 0 Å². The van der Waals surface area contributed by atoms with Gasteiger partial charge < -0.3 is 18.7 Å². The molecule has 0 saturated heterocycles. The Balaban J connectivity index is 1.86. The molecule has 0 amide bonds. The van der Waals surface area contributed by atoms with Gasteiger partial charge >= 0.3 is 0 Å². The van der Waals surface area contributed by atoms with Crippen LogP contribution in [-0.4, -0.2) is 52.3 Å². The lowest BCUT2D eigenvalue weighted by Gasteiger charge is -2.45. The summed E-state index contributed by atoms with van der Waals surface area (Å²) in [6, 6.07) is 0. The van der Waals surface area contributed by atoms with E-state index < -0.39 is 22.2 Å². The van der Waals surface area contributed by atoms with Gasteiger partial charge in [-0.15, -0.1) is 0 Å². The highest BCUT2D eigenvalue weighted by atomic mass is 28.4. The maximum absolute atomic E-state index is 10.2. The SMILES string of the molecule is C=C1/C(=C\C=C2CCC[C@]3(C)[C@@H]([C@H](C)OCCC(C)(C)O)CC[C@@H]23)C[C@@H](O[Si](C)(C)C(C)(C)C)C[C@@H]1O[Si](C)(C)C(C)(C)C. The van der Waals surface area contributed by atoms with Crippen molar-refractivity contribution in [2.45, 2.75) is 181 Å². The molecule has 44 heavy (non-hydrogen) atoms. The maximum atomic E-state index is 10.2. The largest absolute Gasteiger partial charge is 0.413 e. The van der Waals surface area contributed by atoms with Gasteiger partial charge in [0.05, 0.1) is 23.9 Å². The number of allylic oxidation sites excluding steroid dienone is 3. The van der Waals surface area contributed by atoms with Crippen molar-refractivity contribution >= 4 is 16.6 Å². The van der Waals surface area contributed by atoms with E-state index in [4.69, 9.17) is 13.6 Å². The molecular weight excluding hydrogens is 577 g/mol. The first kappa shape index (κ1) is 37.9. The minimum atomic E-state index is -1.98. The Labute approximate surface area is 274 Å². The van der Waals surface area contributed by atoms with Gasteiger partial charge in [0.25, 0.3) is 0 Å². The summed E-state index contributed by atoms with van der Waals surface area (Å²) in [7, 11) is -3.92. The molecule has 3 fully saturated rings. The van der Waals surface area contributed by atoms with E-state index >= 15 is 0 Å². The normalized spacial score (nSPS) is 31.9. The van der Waals surface area contributed by atoms with E-state index in [1.807, 2.05) is 13.8 Å². The number of fused-ring (bicyclic) bond motifs is 1. The second-order valence-electron chi connectivity index (χ2n) is 18.5. The van der Waals surface area contributed by atoms with E-state index in [0.717, 1.165) is 12.8 Å². The zero-order valence-corrected chi connectivity index (χ0v) is 33.3. The van der Waals surface area contributed by atoms with Crippen molar-refractivity contribution in [2.75, 3.05) is 6.61 Å². The van der Waals surface area contributed by atoms with Crippen molar-refractivity contribution in [2.24, 2.45) is 17.3 Å². The molecule has 0 aromatic rings. The molecule has 6 heteroatoms. The molecule has 0 aromatic carbocycles. The molecule has 4 nitrogen and oxygen atoms in total. The van der Waals surface area contributed by atoms with Crippen LogP contribution < -0.4 is 0 Å². The van der Waals surface area contributed by atoms with Crippen LogP contribution in [-0.2, 0) is 13.6 Å². The number of aliphatic hydroxyl groups is 1. The van der Waals surface area contributed by atoms with Crippen molar-refractivity contribution in [3.05, 3.63) is 35.5 Å². The predicted molar refractivity (Wildman–Crippen MR) is 193 cm³/mol. The summed E-state index contributed by atoms with van der Waals surface area (Å²) in [6.07, 6.45) is 13.9.